The Morgan fingerprint density at radius 3 is 2.33 bits per heavy atom. The predicted molar refractivity (Wildman–Crippen MR) is 84.8 cm³/mol. The molecule has 4 unspecified atom stereocenters. The Hall–Kier alpha value is -0.610. The molecule has 2 aliphatic rings. The van der Waals surface area contributed by atoms with Crippen molar-refractivity contribution in [3.05, 3.63) is 0 Å². The van der Waals surface area contributed by atoms with E-state index in [0.29, 0.717) is 19.1 Å². The van der Waals surface area contributed by atoms with Crippen LogP contribution >= 0.6 is 0 Å². The van der Waals surface area contributed by atoms with E-state index in [1.807, 2.05) is 6.92 Å². The standard InChI is InChI=1S/C17H32N2O2/c1-7-21-14(20)13(11-18)17(19(5)6)10-12-8-9-16(17,4)15(12,2)3/h12-13H,7-11,18H2,1-6H3. The summed E-state index contributed by atoms with van der Waals surface area (Å²) in [4.78, 5) is 14.8. The number of esters is 1. The minimum atomic E-state index is -0.248. The molecular formula is C17H32N2O2. The molecule has 2 N–H and O–H groups in total. The van der Waals surface area contributed by atoms with Crippen LogP contribution in [0.5, 0.6) is 0 Å². The highest BCUT2D eigenvalue weighted by Crippen LogP contribution is 2.72. The predicted octanol–water partition coefficient (Wildman–Crippen LogP) is 2.27. The van der Waals surface area contributed by atoms with Crippen molar-refractivity contribution >= 4 is 5.97 Å². The Morgan fingerprint density at radius 2 is 2.00 bits per heavy atom. The molecule has 4 atom stereocenters. The molecule has 0 aromatic carbocycles. The number of hydrogen-bond donors (Lipinski definition) is 1. The third kappa shape index (κ3) is 1.91. The molecule has 0 aliphatic heterocycles. The fourth-order valence-corrected chi connectivity index (χ4v) is 5.57. The van der Waals surface area contributed by atoms with E-state index in [1.165, 1.54) is 12.8 Å². The Kier molecular flexibility index (Phi) is 4.18. The monoisotopic (exact) mass is 296 g/mol. The van der Waals surface area contributed by atoms with Crippen LogP contribution in [0.4, 0.5) is 0 Å². The summed E-state index contributed by atoms with van der Waals surface area (Å²) in [7, 11) is 4.20. The molecule has 0 spiro atoms. The van der Waals surface area contributed by atoms with Crippen molar-refractivity contribution in [2.45, 2.75) is 52.5 Å². The lowest BCUT2D eigenvalue weighted by Gasteiger charge is -2.55. The molecule has 4 heteroatoms. The average molecular weight is 296 g/mol. The topological polar surface area (TPSA) is 55.6 Å². The molecule has 0 aromatic heterocycles. The van der Waals surface area contributed by atoms with Gasteiger partial charge in [-0.1, -0.05) is 20.8 Å². The smallest absolute Gasteiger partial charge is 0.312 e. The normalized spacial score (nSPS) is 38.8. The van der Waals surface area contributed by atoms with E-state index < -0.39 is 0 Å². The summed E-state index contributed by atoms with van der Waals surface area (Å²) >= 11 is 0. The van der Waals surface area contributed by atoms with Crippen LogP contribution in [-0.4, -0.2) is 43.7 Å². The highest BCUT2D eigenvalue weighted by molar-refractivity contribution is 5.75. The third-order valence-corrected chi connectivity index (χ3v) is 7.13. The Morgan fingerprint density at radius 1 is 1.38 bits per heavy atom. The Balaban J connectivity index is 2.51. The third-order valence-electron chi connectivity index (χ3n) is 7.13. The molecule has 21 heavy (non-hydrogen) atoms. The molecule has 0 radical (unpaired) electrons. The van der Waals surface area contributed by atoms with Crippen molar-refractivity contribution < 1.29 is 9.53 Å². The number of carbonyl (C=O) groups is 1. The molecule has 2 saturated carbocycles. The first-order valence-electron chi connectivity index (χ1n) is 8.23. The molecule has 0 saturated heterocycles. The molecule has 2 fully saturated rings. The average Bonchev–Trinajstić information content (AvgIpc) is 2.71. The van der Waals surface area contributed by atoms with E-state index >= 15 is 0 Å². The van der Waals surface area contributed by atoms with E-state index in [1.54, 1.807) is 0 Å². The van der Waals surface area contributed by atoms with Gasteiger partial charge in [-0.15, -0.1) is 0 Å². The summed E-state index contributed by atoms with van der Waals surface area (Å²) in [5.74, 6) is 0.286. The molecule has 2 aliphatic carbocycles. The lowest BCUT2D eigenvalue weighted by atomic mass is 9.58. The first-order valence-corrected chi connectivity index (χ1v) is 8.23. The van der Waals surface area contributed by atoms with Gasteiger partial charge in [0, 0.05) is 12.1 Å². The van der Waals surface area contributed by atoms with E-state index in [9.17, 15) is 4.79 Å². The van der Waals surface area contributed by atoms with Crippen molar-refractivity contribution in [3.8, 4) is 0 Å². The van der Waals surface area contributed by atoms with Crippen LogP contribution in [0.15, 0.2) is 0 Å². The molecule has 4 nitrogen and oxygen atoms in total. The van der Waals surface area contributed by atoms with Crippen LogP contribution in [-0.2, 0) is 9.53 Å². The van der Waals surface area contributed by atoms with Gasteiger partial charge in [0.1, 0.15) is 0 Å². The van der Waals surface area contributed by atoms with Crippen molar-refractivity contribution in [3.63, 3.8) is 0 Å². The van der Waals surface area contributed by atoms with Crippen molar-refractivity contribution in [1.29, 1.82) is 0 Å². The van der Waals surface area contributed by atoms with Crippen LogP contribution in [0.1, 0.15) is 47.0 Å². The van der Waals surface area contributed by atoms with Crippen LogP contribution in [0.25, 0.3) is 0 Å². The molecule has 0 heterocycles. The lowest BCUT2D eigenvalue weighted by Crippen LogP contribution is -2.64. The van der Waals surface area contributed by atoms with Crippen LogP contribution in [0.2, 0.25) is 0 Å². The molecule has 0 aromatic rings. The van der Waals surface area contributed by atoms with Gasteiger partial charge >= 0.3 is 5.97 Å². The van der Waals surface area contributed by atoms with E-state index in [0.717, 1.165) is 6.42 Å². The van der Waals surface area contributed by atoms with Crippen LogP contribution in [0, 0.1) is 22.7 Å². The fraction of sp³-hybridized carbons (Fsp3) is 0.941. The second-order valence-electron chi connectivity index (χ2n) is 7.85. The zero-order chi connectivity index (χ0) is 16.1. The van der Waals surface area contributed by atoms with Gasteiger partial charge in [-0.2, -0.15) is 0 Å². The summed E-state index contributed by atoms with van der Waals surface area (Å²) in [5, 5.41) is 0. The van der Waals surface area contributed by atoms with Gasteiger partial charge in [0.05, 0.1) is 12.5 Å². The molecule has 2 bridgehead atoms. The second-order valence-corrected chi connectivity index (χ2v) is 7.85. The van der Waals surface area contributed by atoms with E-state index in [-0.39, 0.29) is 28.3 Å². The number of nitrogens with zero attached hydrogens (tertiary/aromatic N) is 1. The fourth-order valence-electron chi connectivity index (χ4n) is 5.57. The summed E-state index contributed by atoms with van der Waals surface area (Å²) < 4.78 is 5.36. The quantitative estimate of drug-likeness (QED) is 0.791. The first kappa shape index (κ1) is 16.8. The van der Waals surface area contributed by atoms with Crippen molar-refractivity contribution in [2.75, 3.05) is 27.2 Å². The van der Waals surface area contributed by atoms with Gasteiger partial charge in [-0.3, -0.25) is 4.79 Å². The number of rotatable bonds is 5. The number of fused-ring (bicyclic) bond motifs is 2. The number of hydrogen-bond acceptors (Lipinski definition) is 4. The lowest BCUT2D eigenvalue weighted by molar-refractivity contribution is -0.160. The van der Waals surface area contributed by atoms with Gasteiger partial charge in [-0.05, 0) is 57.0 Å². The minimum absolute atomic E-state index is 0.0883. The molecule has 2 rings (SSSR count). The Bertz CT molecular complexity index is 421. The Labute approximate surface area is 129 Å². The molecule has 0 amide bonds. The number of nitrogens with two attached hydrogens (primary N) is 1. The van der Waals surface area contributed by atoms with E-state index in [2.05, 4.69) is 39.8 Å². The van der Waals surface area contributed by atoms with Crippen LogP contribution < -0.4 is 5.73 Å². The maximum Gasteiger partial charge on any atom is 0.312 e. The van der Waals surface area contributed by atoms with Crippen LogP contribution in [0.3, 0.4) is 0 Å². The first-order chi connectivity index (χ1) is 9.69. The zero-order valence-corrected chi connectivity index (χ0v) is 14.5. The summed E-state index contributed by atoms with van der Waals surface area (Å²) in [6.45, 7) is 9.74. The minimum Gasteiger partial charge on any atom is -0.466 e. The second kappa shape index (κ2) is 5.24. The summed E-state index contributed by atoms with van der Waals surface area (Å²) in [6.07, 6.45) is 3.47. The maximum absolute atomic E-state index is 12.6. The van der Waals surface area contributed by atoms with Crippen molar-refractivity contribution in [2.24, 2.45) is 28.4 Å². The van der Waals surface area contributed by atoms with E-state index in [4.69, 9.17) is 10.5 Å². The highest BCUT2D eigenvalue weighted by atomic mass is 16.5. The summed E-state index contributed by atoms with van der Waals surface area (Å²) in [6, 6.07) is 0. The van der Waals surface area contributed by atoms with Gasteiger partial charge in [-0.25, -0.2) is 0 Å². The zero-order valence-electron chi connectivity index (χ0n) is 14.5. The van der Waals surface area contributed by atoms with Gasteiger partial charge in [0.2, 0.25) is 0 Å². The molecular weight excluding hydrogens is 264 g/mol. The highest BCUT2D eigenvalue weighted by Gasteiger charge is 2.72. The number of carbonyl (C=O) groups excluding carboxylic acids is 1. The largest absolute Gasteiger partial charge is 0.466 e. The SMILES string of the molecule is CCOC(=O)C(CN)C1(N(C)C)CC2CCC1(C)C2(C)C. The molecule has 122 valence electrons. The van der Waals surface area contributed by atoms with Gasteiger partial charge < -0.3 is 15.4 Å². The van der Waals surface area contributed by atoms with Gasteiger partial charge in [0.25, 0.3) is 0 Å². The van der Waals surface area contributed by atoms with Crippen molar-refractivity contribution in [1.82, 2.24) is 4.90 Å². The summed E-state index contributed by atoms with van der Waals surface area (Å²) in [5.41, 5.74) is 6.19. The number of ether oxygens (including phenoxy) is 1. The maximum atomic E-state index is 12.6. The van der Waals surface area contributed by atoms with Gasteiger partial charge in [0.15, 0.2) is 0 Å².